The van der Waals surface area contributed by atoms with Crippen molar-refractivity contribution in [3.63, 3.8) is 0 Å². The SMILES string of the molecule is COc1ccc(-c2nc(Cn3cnc4c(cnn4-c4cc(C)cc(C)c4)c3=O)cs2)cc1. The van der Waals surface area contributed by atoms with E-state index in [2.05, 4.69) is 16.1 Å². The highest BCUT2D eigenvalue weighted by Gasteiger charge is 2.13. The molecule has 2 aromatic carbocycles. The Morgan fingerprint density at radius 1 is 1.06 bits per heavy atom. The highest BCUT2D eigenvalue weighted by Crippen LogP contribution is 2.26. The van der Waals surface area contributed by atoms with Crippen LogP contribution in [0.2, 0.25) is 0 Å². The molecule has 3 aromatic heterocycles. The van der Waals surface area contributed by atoms with Crippen molar-refractivity contribution in [1.82, 2.24) is 24.3 Å². The molecule has 0 spiro atoms. The lowest BCUT2D eigenvalue weighted by Crippen LogP contribution is -2.21. The molecule has 5 rings (SSSR count). The number of rotatable bonds is 5. The Balaban J connectivity index is 1.45. The van der Waals surface area contributed by atoms with E-state index in [0.717, 1.165) is 38.8 Å². The molecule has 0 amide bonds. The zero-order valence-electron chi connectivity index (χ0n) is 17.9. The van der Waals surface area contributed by atoms with Crippen molar-refractivity contribution in [1.29, 1.82) is 0 Å². The number of hydrogen-bond donors (Lipinski definition) is 0. The fraction of sp³-hybridized carbons (Fsp3) is 0.167. The van der Waals surface area contributed by atoms with E-state index in [0.29, 0.717) is 17.6 Å². The maximum Gasteiger partial charge on any atom is 0.264 e. The van der Waals surface area contributed by atoms with Gasteiger partial charge in [-0.1, -0.05) is 6.07 Å². The van der Waals surface area contributed by atoms with Gasteiger partial charge in [-0.3, -0.25) is 9.36 Å². The number of hydrogen-bond acceptors (Lipinski definition) is 6. The summed E-state index contributed by atoms with van der Waals surface area (Å²) in [6.45, 7) is 4.43. The summed E-state index contributed by atoms with van der Waals surface area (Å²) in [5, 5.41) is 7.78. The van der Waals surface area contributed by atoms with Crippen molar-refractivity contribution in [2.24, 2.45) is 0 Å². The minimum absolute atomic E-state index is 0.135. The predicted molar refractivity (Wildman–Crippen MR) is 126 cm³/mol. The Morgan fingerprint density at radius 2 is 1.81 bits per heavy atom. The first kappa shape index (κ1) is 20.1. The number of fused-ring (bicyclic) bond motifs is 1. The van der Waals surface area contributed by atoms with Crippen LogP contribution in [0.25, 0.3) is 27.3 Å². The van der Waals surface area contributed by atoms with E-state index in [4.69, 9.17) is 9.72 Å². The second kappa shape index (κ2) is 8.05. The van der Waals surface area contributed by atoms with Gasteiger partial charge in [-0.05, 0) is 61.4 Å². The predicted octanol–water partition coefficient (Wildman–Crippen LogP) is 4.38. The number of aryl methyl sites for hydroxylation is 2. The maximum atomic E-state index is 13.1. The molecule has 160 valence electrons. The summed E-state index contributed by atoms with van der Waals surface area (Å²) in [5.41, 5.74) is 5.40. The summed E-state index contributed by atoms with van der Waals surface area (Å²) < 4.78 is 8.50. The summed E-state index contributed by atoms with van der Waals surface area (Å²) in [7, 11) is 1.64. The van der Waals surface area contributed by atoms with Gasteiger partial charge in [0, 0.05) is 10.9 Å². The van der Waals surface area contributed by atoms with Gasteiger partial charge >= 0.3 is 0 Å². The Morgan fingerprint density at radius 3 is 2.53 bits per heavy atom. The van der Waals surface area contributed by atoms with Crippen LogP contribution < -0.4 is 10.3 Å². The molecule has 0 bridgehead atoms. The smallest absolute Gasteiger partial charge is 0.264 e. The van der Waals surface area contributed by atoms with Gasteiger partial charge in [0.05, 0.1) is 31.2 Å². The molecular formula is C24H21N5O2S. The van der Waals surface area contributed by atoms with Crippen LogP contribution in [-0.2, 0) is 6.54 Å². The molecule has 0 fully saturated rings. The number of thiazole rings is 1. The Hall–Kier alpha value is -3.78. The van der Waals surface area contributed by atoms with Crippen LogP contribution in [0.4, 0.5) is 0 Å². The minimum Gasteiger partial charge on any atom is -0.497 e. The van der Waals surface area contributed by atoms with Gasteiger partial charge < -0.3 is 4.74 Å². The highest BCUT2D eigenvalue weighted by atomic mass is 32.1. The van der Waals surface area contributed by atoms with Crippen LogP contribution in [-0.4, -0.2) is 31.4 Å². The molecule has 0 aliphatic carbocycles. The van der Waals surface area contributed by atoms with Crippen molar-refractivity contribution in [3.8, 4) is 22.0 Å². The maximum absolute atomic E-state index is 13.1. The summed E-state index contributed by atoms with van der Waals surface area (Å²) in [4.78, 5) is 22.3. The van der Waals surface area contributed by atoms with E-state index < -0.39 is 0 Å². The van der Waals surface area contributed by atoms with Gasteiger partial charge in [0.1, 0.15) is 22.5 Å². The molecule has 32 heavy (non-hydrogen) atoms. The van der Waals surface area contributed by atoms with Gasteiger partial charge in [0.15, 0.2) is 5.65 Å². The van der Waals surface area contributed by atoms with E-state index in [1.807, 2.05) is 55.6 Å². The molecule has 0 aliphatic rings. The highest BCUT2D eigenvalue weighted by molar-refractivity contribution is 7.13. The van der Waals surface area contributed by atoms with Gasteiger partial charge in [0.2, 0.25) is 0 Å². The quantitative estimate of drug-likeness (QED) is 0.403. The molecule has 0 atom stereocenters. The van der Waals surface area contributed by atoms with Crippen molar-refractivity contribution >= 4 is 22.4 Å². The van der Waals surface area contributed by atoms with Gasteiger partial charge in [0.25, 0.3) is 5.56 Å². The van der Waals surface area contributed by atoms with E-state index in [1.165, 1.54) is 0 Å². The third kappa shape index (κ3) is 3.69. The lowest BCUT2D eigenvalue weighted by molar-refractivity contribution is 0.415. The van der Waals surface area contributed by atoms with Crippen LogP contribution in [0.5, 0.6) is 5.75 Å². The lowest BCUT2D eigenvalue weighted by Gasteiger charge is -2.07. The van der Waals surface area contributed by atoms with E-state index in [1.54, 1.807) is 40.2 Å². The topological polar surface area (TPSA) is 74.8 Å². The van der Waals surface area contributed by atoms with Gasteiger partial charge in [-0.15, -0.1) is 11.3 Å². The first-order valence-corrected chi connectivity index (χ1v) is 11.0. The summed E-state index contributed by atoms with van der Waals surface area (Å²) >= 11 is 1.54. The number of methoxy groups -OCH3 is 1. The monoisotopic (exact) mass is 443 g/mol. The third-order valence-electron chi connectivity index (χ3n) is 5.23. The Labute approximate surface area is 188 Å². The van der Waals surface area contributed by atoms with Crippen LogP contribution in [0.1, 0.15) is 16.8 Å². The molecule has 0 aliphatic heterocycles. The third-order valence-corrected chi connectivity index (χ3v) is 6.17. The fourth-order valence-corrected chi connectivity index (χ4v) is 4.56. The van der Waals surface area contributed by atoms with E-state index in [9.17, 15) is 4.79 Å². The Bertz CT molecular complexity index is 1460. The standard InChI is InChI=1S/C24H21N5O2S/c1-15-8-16(2)10-19(9-15)29-22-21(11-26-29)24(30)28(14-25-22)12-18-13-32-23(27-18)17-4-6-20(31-3)7-5-17/h4-11,13-14H,12H2,1-3H3. The molecule has 0 saturated carbocycles. The van der Waals surface area contributed by atoms with Gasteiger partial charge in [-0.2, -0.15) is 5.10 Å². The second-order valence-electron chi connectivity index (χ2n) is 7.69. The largest absolute Gasteiger partial charge is 0.497 e. The van der Waals surface area contributed by atoms with Crippen LogP contribution >= 0.6 is 11.3 Å². The number of aromatic nitrogens is 5. The second-order valence-corrected chi connectivity index (χ2v) is 8.55. The number of benzene rings is 2. The first-order chi connectivity index (χ1) is 15.5. The molecule has 0 saturated heterocycles. The van der Waals surface area contributed by atoms with E-state index in [-0.39, 0.29) is 5.56 Å². The number of nitrogens with zero attached hydrogens (tertiary/aromatic N) is 5. The van der Waals surface area contributed by atoms with Gasteiger partial charge in [-0.25, -0.2) is 14.6 Å². The lowest BCUT2D eigenvalue weighted by atomic mass is 10.1. The Kier molecular flexibility index (Phi) is 5.07. The van der Waals surface area contributed by atoms with Crippen LogP contribution in [0.15, 0.2) is 65.2 Å². The normalized spacial score (nSPS) is 11.2. The molecule has 3 heterocycles. The molecule has 8 heteroatoms. The van der Waals surface area contributed by atoms with Crippen molar-refractivity contribution in [2.45, 2.75) is 20.4 Å². The number of ether oxygens (including phenoxy) is 1. The van der Waals surface area contributed by atoms with Crippen molar-refractivity contribution in [2.75, 3.05) is 7.11 Å². The first-order valence-electron chi connectivity index (χ1n) is 10.1. The molecular weight excluding hydrogens is 422 g/mol. The minimum atomic E-state index is -0.135. The molecule has 5 aromatic rings. The fourth-order valence-electron chi connectivity index (χ4n) is 3.74. The van der Waals surface area contributed by atoms with Crippen molar-refractivity contribution in [3.05, 3.63) is 87.5 Å². The zero-order chi connectivity index (χ0) is 22.2. The molecule has 0 N–H and O–H groups in total. The summed E-state index contributed by atoms with van der Waals surface area (Å²) in [6.07, 6.45) is 3.15. The summed E-state index contributed by atoms with van der Waals surface area (Å²) in [5.74, 6) is 0.804. The molecule has 7 nitrogen and oxygen atoms in total. The molecule has 0 radical (unpaired) electrons. The molecule has 0 unspecified atom stereocenters. The van der Waals surface area contributed by atoms with Crippen LogP contribution in [0, 0.1) is 13.8 Å². The average Bonchev–Trinajstić information content (AvgIpc) is 3.43. The zero-order valence-corrected chi connectivity index (χ0v) is 18.8. The van der Waals surface area contributed by atoms with Crippen LogP contribution in [0.3, 0.4) is 0 Å². The van der Waals surface area contributed by atoms with E-state index >= 15 is 0 Å². The van der Waals surface area contributed by atoms with Crippen molar-refractivity contribution < 1.29 is 4.74 Å². The average molecular weight is 444 g/mol. The summed E-state index contributed by atoms with van der Waals surface area (Å²) in [6, 6.07) is 13.9.